The third-order valence-electron chi connectivity index (χ3n) is 4.93. The molecule has 2 aromatic rings. The minimum Gasteiger partial charge on any atom is -0.485 e. The van der Waals surface area contributed by atoms with Gasteiger partial charge in [-0.25, -0.2) is 4.79 Å². The molecule has 28 heavy (non-hydrogen) atoms. The number of nitrogens with one attached hydrogen (secondary N) is 1. The first-order valence-electron chi connectivity index (χ1n) is 9.40. The van der Waals surface area contributed by atoms with Gasteiger partial charge in [0.25, 0.3) is 5.91 Å². The van der Waals surface area contributed by atoms with Crippen LogP contribution in [0.4, 0.5) is 10.5 Å². The Hall–Kier alpha value is -3.22. The average molecular weight is 381 g/mol. The summed E-state index contributed by atoms with van der Waals surface area (Å²) in [5.41, 5.74) is 1.86. The first-order valence-corrected chi connectivity index (χ1v) is 9.40. The zero-order chi connectivity index (χ0) is 19.5. The van der Waals surface area contributed by atoms with Gasteiger partial charge in [0.1, 0.15) is 6.61 Å². The van der Waals surface area contributed by atoms with Crippen LogP contribution < -0.4 is 14.8 Å². The Morgan fingerprint density at radius 2 is 1.68 bits per heavy atom. The van der Waals surface area contributed by atoms with Crippen molar-refractivity contribution < 1.29 is 19.1 Å². The fraction of sp³-hybridized carbons (Fsp3) is 0.333. The van der Waals surface area contributed by atoms with Gasteiger partial charge >= 0.3 is 6.03 Å². The van der Waals surface area contributed by atoms with Gasteiger partial charge in [0, 0.05) is 31.9 Å². The van der Waals surface area contributed by atoms with E-state index in [1.165, 1.54) is 0 Å². The molecule has 7 heteroatoms. The molecule has 0 aromatic heterocycles. The number of rotatable bonds is 2. The minimum atomic E-state index is -0.650. The lowest BCUT2D eigenvalue weighted by molar-refractivity contribution is -0.142. The van der Waals surface area contributed by atoms with Crippen molar-refractivity contribution in [2.24, 2.45) is 0 Å². The topological polar surface area (TPSA) is 71.1 Å². The summed E-state index contributed by atoms with van der Waals surface area (Å²) in [6, 6.07) is 14.9. The summed E-state index contributed by atoms with van der Waals surface area (Å²) in [6.07, 6.45) is -0.650. The fourth-order valence-corrected chi connectivity index (χ4v) is 3.40. The number of ether oxygens (including phenoxy) is 2. The number of fused-ring (bicyclic) bond motifs is 1. The molecule has 146 valence electrons. The van der Waals surface area contributed by atoms with Crippen molar-refractivity contribution >= 4 is 17.6 Å². The van der Waals surface area contributed by atoms with Crippen LogP contribution in [0.2, 0.25) is 0 Å². The highest BCUT2D eigenvalue weighted by Gasteiger charge is 2.33. The van der Waals surface area contributed by atoms with Gasteiger partial charge in [-0.15, -0.1) is 0 Å². The van der Waals surface area contributed by atoms with Crippen molar-refractivity contribution in [1.82, 2.24) is 9.80 Å². The molecule has 0 spiro atoms. The lowest BCUT2D eigenvalue weighted by Crippen LogP contribution is -2.55. The van der Waals surface area contributed by atoms with E-state index in [2.05, 4.69) is 5.32 Å². The van der Waals surface area contributed by atoms with Crippen molar-refractivity contribution in [2.75, 3.05) is 38.1 Å². The standard InChI is InChI=1S/C21H23N3O4/c1-15-5-4-6-16(13-15)22-21(26)24-11-9-23(10-12-24)20(25)19-14-27-17-7-2-3-8-18(17)28-19/h2-8,13,19H,9-12,14H2,1H3,(H,22,26). The Labute approximate surface area is 163 Å². The number of aryl methyl sites for hydroxylation is 1. The molecule has 4 rings (SSSR count). The first-order chi connectivity index (χ1) is 13.6. The molecule has 1 N–H and O–H groups in total. The molecule has 3 amide bonds. The normalized spacial score (nSPS) is 18.5. The van der Waals surface area contributed by atoms with Gasteiger partial charge in [0.2, 0.25) is 6.10 Å². The zero-order valence-corrected chi connectivity index (χ0v) is 15.8. The lowest BCUT2D eigenvalue weighted by atomic mass is 10.2. The second-order valence-corrected chi connectivity index (χ2v) is 6.98. The van der Waals surface area contributed by atoms with E-state index in [1.54, 1.807) is 15.9 Å². The molecule has 1 saturated heterocycles. The number of hydrogen-bond acceptors (Lipinski definition) is 4. The van der Waals surface area contributed by atoms with Gasteiger partial charge in [-0.3, -0.25) is 4.79 Å². The number of piperazine rings is 1. The molecule has 2 aliphatic rings. The second-order valence-electron chi connectivity index (χ2n) is 6.98. The van der Waals surface area contributed by atoms with Crippen LogP contribution in [0.15, 0.2) is 48.5 Å². The van der Waals surface area contributed by atoms with Gasteiger partial charge in [-0.2, -0.15) is 0 Å². The first kappa shape index (κ1) is 18.2. The third kappa shape index (κ3) is 3.88. The van der Waals surface area contributed by atoms with Crippen LogP contribution in [0, 0.1) is 6.92 Å². The van der Waals surface area contributed by atoms with Gasteiger partial charge < -0.3 is 24.6 Å². The summed E-state index contributed by atoms with van der Waals surface area (Å²) < 4.78 is 11.4. The van der Waals surface area contributed by atoms with E-state index in [0.717, 1.165) is 11.3 Å². The molecule has 1 fully saturated rings. The summed E-state index contributed by atoms with van der Waals surface area (Å²) in [6.45, 7) is 4.09. The van der Waals surface area contributed by atoms with Crippen LogP contribution in [0.5, 0.6) is 11.5 Å². The van der Waals surface area contributed by atoms with E-state index in [9.17, 15) is 9.59 Å². The highest BCUT2D eigenvalue weighted by atomic mass is 16.6. The quantitative estimate of drug-likeness (QED) is 0.868. The molecule has 1 atom stereocenters. The molecular weight excluding hydrogens is 358 g/mol. The Balaban J connectivity index is 1.30. The smallest absolute Gasteiger partial charge is 0.321 e. The highest BCUT2D eigenvalue weighted by molar-refractivity contribution is 5.89. The number of para-hydroxylation sites is 2. The van der Waals surface area contributed by atoms with Crippen molar-refractivity contribution in [3.63, 3.8) is 0 Å². The van der Waals surface area contributed by atoms with Crippen molar-refractivity contribution in [2.45, 2.75) is 13.0 Å². The van der Waals surface area contributed by atoms with E-state index in [1.807, 2.05) is 49.4 Å². The summed E-state index contributed by atoms with van der Waals surface area (Å²) >= 11 is 0. The Morgan fingerprint density at radius 1 is 0.964 bits per heavy atom. The van der Waals surface area contributed by atoms with Crippen LogP contribution in [-0.4, -0.2) is 60.6 Å². The van der Waals surface area contributed by atoms with Gasteiger partial charge in [0.05, 0.1) is 0 Å². The Morgan fingerprint density at radius 3 is 2.43 bits per heavy atom. The summed E-state index contributed by atoms with van der Waals surface area (Å²) in [5, 5.41) is 2.91. The molecule has 0 aliphatic carbocycles. The van der Waals surface area contributed by atoms with Crippen LogP contribution in [0.3, 0.4) is 0 Å². The van der Waals surface area contributed by atoms with E-state index in [-0.39, 0.29) is 18.5 Å². The van der Waals surface area contributed by atoms with Crippen LogP contribution >= 0.6 is 0 Å². The molecule has 1 unspecified atom stereocenters. The minimum absolute atomic E-state index is 0.103. The summed E-state index contributed by atoms with van der Waals surface area (Å²) in [7, 11) is 0. The van der Waals surface area contributed by atoms with Crippen LogP contribution in [0.1, 0.15) is 5.56 Å². The maximum absolute atomic E-state index is 12.8. The number of carbonyl (C=O) groups is 2. The maximum Gasteiger partial charge on any atom is 0.321 e. The number of hydrogen-bond donors (Lipinski definition) is 1. The van der Waals surface area contributed by atoms with Crippen molar-refractivity contribution in [3.8, 4) is 11.5 Å². The molecule has 2 aliphatic heterocycles. The third-order valence-corrected chi connectivity index (χ3v) is 4.93. The Bertz CT molecular complexity index is 877. The number of benzene rings is 2. The number of carbonyl (C=O) groups excluding carboxylic acids is 2. The van der Waals surface area contributed by atoms with Gasteiger partial charge in [-0.1, -0.05) is 24.3 Å². The van der Waals surface area contributed by atoms with E-state index >= 15 is 0 Å². The lowest BCUT2D eigenvalue weighted by Gasteiger charge is -2.37. The van der Waals surface area contributed by atoms with E-state index in [0.29, 0.717) is 37.7 Å². The maximum atomic E-state index is 12.8. The molecule has 0 radical (unpaired) electrons. The predicted octanol–water partition coefficient (Wildman–Crippen LogP) is 2.51. The highest BCUT2D eigenvalue weighted by Crippen LogP contribution is 2.31. The predicted molar refractivity (Wildman–Crippen MR) is 105 cm³/mol. The molecule has 2 heterocycles. The number of anilines is 1. The molecule has 2 aromatic carbocycles. The van der Waals surface area contributed by atoms with E-state index in [4.69, 9.17) is 9.47 Å². The average Bonchev–Trinajstić information content (AvgIpc) is 2.73. The zero-order valence-electron chi connectivity index (χ0n) is 15.8. The Kier molecular flexibility index (Phi) is 5.06. The molecular formula is C21H23N3O4. The monoisotopic (exact) mass is 381 g/mol. The van der Waals surface area contributed by atoms with E-state index < -0.39 is 6.10 Å². The fourth-order valence-electron chi connectivity index (χ4n) is 3.40. The number of urea groups is 1. The van der Waals surface area contributed by atoms with Crippen LogP contribution in [0.25, 0.3) is 0 Å². The van der Waals surface area contributed by atoms with Gasteiger partial charge in [0.15, 0.2) is 11.5 Å². The summed E-state index contributed by atoms with van der Waals surface area (Å²) in [4.78, 5) is 28.7. The second kappa shape index (κ2) is 7.80. The summed E-state index contributed by atoms with van der Waals surface area (Å²) in [5.74, 6) is 1.14. The number of nitrogens with zero attached hydrogens (tertiary/aromatic N) is 2. The molecule has 7 nitrogen and oxygen atoms in total. The van der Waals surface area contributed by atoms with Crippen molar-refractivity contribution in [1.29, 1.82) is 0 Å². The van der Waals surface area contributed by atoms with Crippen molar-refractivity contribution in [3.05, 3.63) is 54.1 Å². The van der Waals surface area contributed by atoms with Gasteiger partial charge in [-0.05, 0) is 36.8 Å². The van der Waals surface area contributed by atoms with Crippen LogP contribution in [-0.2, 0) is 4.79 Å². The molecule has 0 saturated carbocycles. The number of amides is 3. The largest absolute Gasteiger partial charge is 0.485 e. The SMILES string of the molecule is Cc1cccc(NC(=O)N2CCN(C(=O)C3COc4ccccc4O3)CC2)c1. The molecule has 0 bridgehead atoms.